The fraction of sp³-hybridized carbons (Fsp3) is 0.467. The molecule has 0 saturated heterocycles. The highest BCUT2D eigenvalue weighted by atomic mass is 32.2. The summed E-state index contributed by atoms with van der Waals surface area (Å²) in [6, 6.07) is 3.93. The molecule has 0 aliphatic heterocycles. The molecular weight excluding hydrogens is 319 g/mol. The molecule has 1 aromatic carbocycles. The summed E-state index contributed by atoms with van der Waals surface area (Å²) in [5.41, 5.74) is 0.537. The molecule has 0 unspecified atom stereocenters. The van der Waals surface area contributed by atoms with Crippen LogP contribution < -0.4 is 4.72 Å². The third-order valence-electron chi connectivity index (χ3n) is 4.27. The lowest BCUT2D eigenvalue weighted by atomic mass is 9.92. The molecule has 1 aromatic heterocycles. The highest BCUT2D eigenvalue weighted by Crippen LogP contribution is 2.28. The van der Waals surface area contributed by atoms with Gasteiger partial charge < -0.3 is 0 Å². The Labute approximate surface area is 134 Å². The monoisotopic (exact) mass is 338 g/mol. The Kier molecular flexibility index (Phi) is 4.45. The van der Waals surface area contributed by atoms with Crippen LogP contribution in [0.2, 0.25) is 0 Å². The van der Waals surface area contributed by atoms with Gasteiger partial charge in [0.15, 0.2) is 0 Å². The first-order valence-corrected chi connectivity index (χ1v) is 9.06. The molecule has 23 heavy (non-hydrogen) atoms. The van der Waals surface area contributed by atoms with Crippen molar-refractivity contribution in [3.8, 4) is 0 Å². The van der Waals surface area contributed by atoms with Crippen LogP contribution in [0.3, 0.4) is 0 Å². The van der Waals surface area contributed by atoms with E-state index in [1.165, 1.54) is 18.5 Å². The maximum absolute atomic E-state index is 13.4. The van der Waals surface area contributed by atoms with Gasteiger partial charge >= 0.3 is 0 Å². The summed E-state index contributed by atoms with van der Waals surface area (Å²) >= 11 is 0. The number of aromatic nitrogens is 3. The van der Waals surface area contributed by atoms with Crippen molar-refractivity contribution in [2.75, 3.05) is 0 Å². The first-order valence-electron chi connectivity index (χ1n) is 7.58. The minimum atomic E-state index is -3.71. The number of hydrogen-bond acceptors (Lipinski definition) is 4. The van der Waals surface area contributed by atoms with Gasteiger partial charge in [-0.15, -0.1) is 0 Å². The quantitative estimate of drug-likeness (QED) is 0.927. The molecule has 8 heteroatoms. The molecule has 1 aliphatic rings. The number of aryl methyl sites for hydroxylation is 1. The van der Waals surface area contributed by atoms with Gasteiger partial charge in [0.05, 0.1) is 10.9 Å². The van der Waals surface area contributed by atoms with Crippen molar-refractivity contribution < 1.29 is 12.8 Å². The maximum atomic E-state index is 13.4. The zero-order chi connectivity index (χ0) is 16.4. The van der Waals surface area contributed by atoms with Gasteiger partial charge in [-0.05, 0) is 50.3 Å². The van der Waals surface area contributed by atoms with E-state index in [4.69, 9.17) is 0 Å². The van der Waals surface area contributed by atoms with Gasteiger partial charge in [-0.3, -0.25) is 0 Å². The Morgan fingerprint density at radius 1 is 1.26 bits per heavy atom. The number of nitrogens with zero attached hydrogens (tertiary/aromatic N) is 3. The number of hydrogen-bond donors (Lipinski definition) is 1. The van der Waals surface area contributed by atoms with Gasteiger partial charge in [0.1, 0.15) is 18.5 Å². The van der Waals surface area contributed by atoms with Gasteiger partial charge in [-0.2, -0.15) is 5.10 Å². The molecule has 0 amide bonds. The summed E-state index contributed by atoms with van der Waals surface area (Å²) in [6.07, 6.45) is 6.29. The van der Waals surface area contributed by atoms with Crippen LogP contribution in [-0.2, 0) is 10.0 Å². The van der Waals surface area contributed by atoms with Crippen LogP contribution in [0.4, 0.5) is 4.39 Å². The minimum absolute atomic E-state index is 0.0101. The molecule has 124 valence electrons. The number of sulfonamides is 1. The summed E-state index contributed by atoms with van der Waals surface area (Å²) in [6.45, 7) is 1.66. The van der Waals surface area contributed by atoms with Gasteiger partial charge in [-0.25, -0.2) is 27.2 Å². The predicted octanol–water partition coefficient (Wildman–Crippen LogP) is 2.19. The highest BCUT2D eigenvalue weighted by molar-refractivity contribution is 7.89. The molecule has 0 atom stereocenters. The molecule has 1 heterocycles. The fourth-order valence-electron chi connectivity index (χ4n) is 3.01. The number of rotatable bonds is 4. The Morgan fingerprint density at radius 3 is 2.65 bits per heavy atom. The van der Waals surface area contributed by atoms with E-state index in [0.29, 0.717) is 5.56 Å². The zero-order valence-corrected chi connectivity index (χ0v) is 13.6. The van der Waals surface area contributed by atoms with Gasteiger partial charge in [0.25, 0.3) is 0 Å². The second-order valence-corrected chi connectivity index (χ2v) is 7.59. The summed E-state index contributed by atoms with van der Waals surface area (Å²) in [7, 11) is -3.71. The van der Waals surface area contributed by atoms with Gasteiger partial charge in [0, 0.05) is 6.04 Å². The highest BCUT2D eigenvalue weighted by Gasteiger charge is 2.27. The molecule has 0 bridgehead atoms. The van der Waals surface area contributed by atoms with E-state index in [1.54, 1.807) is 13.3 Å². The summed E-state index contributed by atoms with van der Waals surface area (Å²) in [5.74, 6) is -0.550. The Bertz CT molecular complexity index is 769. The van der Waals surface area contributed by atoms with Gasteiger partial charge in [-0.1, -0.05) is 6.07 Å². The largest absolute Gasteiger partial charge is 0.250 e. The van der Waals surface area contributed by atoms with Crippen molar-refractivity contribution in [1.29, 1.82) is 0 Å². The molecule has 1 fully saturated rings. The van der Waals surface area contributed by atoms with E-state index in [9.17, 15) is 12.8 Å². The Balaban J connectivity index is 1.67. The Morgan fingerprint density at radius 2 is 2.00 bits per heavy atom. The third kappa shape index (κ3) is 3.59. The molecule has 3 rings (SSSR count). The fourth-order valence-corrected chi connectivity index (χ4v) is 4.57. The molecule has 6 nitrogen and oxygen atoms in total. The molecular formula is C15H19FN4O2S. The van der Waals surface area contributed by atoms with Crippen molar-refractivity contribution in [3.63, 3.8) is 0 Å². The van der Waals surface area contributed by atoms with E-state index in [2.05, 4.69) is 14.8 Å². The van der Waals surface area contributed by atoms with Crippen LogP contribution in [0.25, 0.3) is 0 Å². The predicted molar refractivity (Wildman–Crippen MR) is 82.8 cm³/mol. The average Bonchev–Trinajstić information content (AvgIpc) is 3.04. The topological polar surface area (TPSA) is 76.9 Å². The van der Waals surface area contributed by atoms with Crippen molar-refractivity contribution in [2.24, 2.45) is 0 Å². The zero-order valence-electron chi connectivity index (χ0n) is 12.8. The Hall–Kier alpha value is -1.80. The second kappa shape index (κ2) is 6.37. The van der Waals surface area contributed by atoms with Crippen LogP contribution in [0.15, 0.2) is 35.7 Å². The van der Waals surface area contributed by atoms with E-state index in [-0.39, 0.29) is 17.0 Å². The molecule has 1 saturated carbocycles. The standard InChI is InChI=1S/C15H19FN4O2S/c1-11-2-3-12(16)8-15(11)23(21,22)19-13-4-6-14(7-5-13)20-10-17-9-18-20/h2-3,8-10,13-14,19H,4-7H2,1H3. The maximum Gasteiger partial charge on any atom is 0.241 e. The molecule has 1 N–H and O–H groups in total. The molecule has 0 spiro atoms. The lowest BCUT2D eigenvalue weighted by Gasteiger charge is -2.29. The summed E-state index contributed by atoms with van der Waals surface area (Å²) in [4.78, 5) is 3.95. The van der Waals surface area contributed by atoms with Crippen LogP contribution in [-0.4, -0.2) is 29.2 Å². The smallest absolute Gasteiger partial charge is 0.241 e. The van der Waals surface area contributed by atoms with Crippen LogP contribution in [0, 0.1) is 12.7 Å². The summed E-state index contributed by atoms with van der Waals surface area (Å²) < 4.78 is 42.8. The lowest BCUT2D eigenvalue weighted by Crippen LogP contribution is -2.38. The van der Waals surface area contributed by atoms with E-state index in [0.717, 1.165) is 31.7 Å². The summed E-state index contributed by atoms with van der Waals surface area (Å²) in [5, 5.41) is 4.13. The first-order chi connectivity index (χ1) is 11.0. The van der Waals surface area contributed by atoms with Crippen LogP contribution in [0.5, 0.6) is 0 Å². The molecule has 0 radical (unpaired) electrons. The SMILES string of the molecule is Cc1ccc(F)cc1S(=O)(=O)NC1CCC(n2cncn2)CC1. The molecule has 2 aromatic rings. The van der Waals surface area contributed by atoms with Crippen LogP contribution in [0.1, 0.15) is 37.3 Å². The normalized spacial score (nSPS) is 22.2. The first kappa shape index (κ1) is 16.1. The minimum Gasteiger partial charge on any atom is -0.250 e. The van der Waals surface area contributed by atoms with Crippen molar-refractivity contribution in [2.45, 2.75) is 49.6 Å². The second-order valence-electron chi connectivity index (χ2n) is 5.91. The number of halogens is 1. The van der Waals surface area contributed by atoms with E-state index < -0.39 is 15.8 Å². The number of nitrogens with one attached hydrogen (secondary N) is 1. The van der Waals surface area contributed by atoms with E-state index in [1.807, 2.05) is 4.68 Å². The number of benzene rings is 1. The van der Waals surface area contributed by atoms with Crippen molar-refractivity contribution >= 4 is 10.0 Å². The van der Waals surface area contributed by atoms with Crippen molar-refractivity contribution in [1.82, 2.24) is 19.5 Å². The third-order valence-corrected chi connectivity index (χ3v) is 5.93. The van der Waals surface area contributed by atoms with E-state index >= 15 is 0 Å². The molecule has 1 aliphatic carbocycles. The lowest BCUT2D eigenvalue weighted by molar-refractivity contribution is 0.293. The average molecular weight is 338 g/mol. The van der Waals surface area contributed by atoms with Gasteiger partial charge in [0.2, 0.25) is 10.0 Å². The van der Waals surface area contributed by atoms with Crippen molar-refractivity contribution in [3.05, 3.63) is 42.2 Å². The van der Waals surface area contributed by atoms with Crippen LogP contribution >= 0.6 is 0 Å².